The lowest BCUT2D eigenvalue weighted by molar-refractivity contribution is -0.316. The van der Waals surface area contributed by atoms with Crippen LogP contribution in [0.4, 0.5) is 0 Å². The first-order chi connectivity index (χ1) is 17.0. The largest absolute Gasteiger partial charge is 0.472 e. The first-order valence-electron chi connectivity index (χ1n) is 11.7. The summed E-state index contributed by atoms with van der Waals surface area (Å²) >= 11 is 0. The normalized spacial score (nSPS) is 48.8. The zero-order valence-electron chi connectivity index (χ0n) is 19.8. The van der Waals surface area contributed by atoms with E-state index in [0.29, 0.717) is 12.8 Å². The summed E-state index contributed by atoms with van der Waals surface area (Å²) in [7, 11) is 1.25. The SMILES string of the molecule is COC(=O)C1=COC(OCC2OC(OCC3OC(O)C(O)C3O)C(O)C(O)C2O)C2C1CCC2(C)O. The van der Waals surface area contributed by atoms with Crippen molar-refractivity contribution in [1.29, 1.82) is 0 Å². The predicted octanol–water partition coefficient (Wildman–Crippen LogP) is -3.54. The quantitative estimate of drug-likeness (QED) is 0.161. The molecule has 0 aromatic rings. The number of hydrogen-bond donors (Lipinski definition) is 7. The van der Waals surface area contributed by atoms with E-state index in [4.69, 9.17) is 28.4 Å². The highest BCUT2D eigenvalue weighted by atomic mass is 16.7. The van der Waals surface area contributed by atoms with E-state index in [1.54, 1.807) is 6.92 Å². The first kappa shape index (κ1) is 27.6. The van der Waals surface area contributed by atoms with E-state index >= 15 is 0 Å². The van der Waals surface area contributed by atoms with Gasteiger partial charge in [-0.25, -0.2) is 4.79 Å². The van der Waals surface area contributed by atoms with Crippen molar-refractivity contribution in [3.05, 3.63) is 11.8 Å². The summed E-state index contributed by atoms with van der Waals surface area (Å²) in [5.74, 6) is -1.57. The van der Waals surface area contributed by atoms with Crippen LogP contribution >= 0.6 is 0 Å². The van der Waals surface area contributed by atoms with Gasteiger partial charge in [0.15, 0.2) is 12.6 Å². The molecule has 0 bridgehead atoms. The summed E-state index contributed by atoms with van der Waals surface area (Å²) in [6.45, 7) is 0.865. The molecule has 14 nitrogen and oxygen atoms in total. The molecule has 4 aliphatic rings. The molecule has 0 aromatic heterocycles. The van der Waals surface area contributed by atoms with Gasteiger partial charge < -0.3 is 64.2 Å². The Morgan fingerprint density at radius 1 is 0.944 bits per heavy atom. The van der Waals surface area contributed by atoms with Gasteiger partial charge in [0.1, 0.15) is 42.7 Å². The number of esters is 1. The molecule has 1 saturated carbocycles. The van der Waals surface area contributed by atoms with Crippen LogP contribution in [0.25, 0.3) is 0 Å². The summed E-state index contributed by atoms with van der Waals surface area (Å²) in [6.07, 6.45) is -12.2. The highest BCUT2D eigenvalue weighted by molar-refractivity contribution is 5.89. The van der Waals surface area contributed by atoms with Crippen LogP contribution in [0, 0.1) is 11.8 Å². The standard InChI is InChI=1S/C22H34O14/c1-22(30)4-3-8-9(18(28)31-2)5-32-20(12(8)22)33-7-11-13(23)15(25)17(27)21(36-11)34-6-10-14(24)16(26)19(29)35-10/h5,8,10-17,19-21,23-27,29-30H,3-4,6-7H2,1-2H3. The summed E-state index contributed by atoms with van der Waals surface area (Å²) in [6, 6.07) is 0. The van der Waals surface area contributed by atoms with Crippen LogP contribution in [0.3, 0.4) is 0 Å². The van der Waals surface area contributed by atoms with Crippen LogP contribution < -0.4 is 0 Å². The summed E-state index contributed by atoms with van der Waals surface area (Å²) in [5.41, 5.74) is -0.930. The van der Waals surface area contributed by atoms with E-state index in [-0.39, 0.29) is 18.1 Å². The number of carbonyl (C=O) groups is 1. The van der Waals surface area contributed by atoms with Gasteiger partial charge in [-0.2, -0.15) is 0 Å². The molecule has 3 heterocycles. The van der Waals surface area contributed by atoms with Crippen LogP contribution in [-0.4, -0.2) is 129 Å². The maximum atomic E-state index is 12.1. The van der Waals surface area contributed by atoms with Gasteiger partial charge in [-0.3, -0.25) is 0 Å². The molecule has 3 aliphatic heterocycles. The highest BCUT2D eigenvalue weighted by Crippen LogP contribution is 2.49. The molecule has 4 rings (SSSR count). The summed E-state index contributed by atoms with van der Waals surface area (Å²) in [4.78, 5) is 12.1. The minimum absolute atomic E-state index is 0.285. The van der Waals surface area contributed by atoms with E-state index in [2.05, 4.69) is 0 Å². The Bertz CT molecular complexity index is 819. The van der Waals surface area contributed by atoms with Crippen molar-refractivity contribution in [2.45, 2.75) is 87.0 Å². The number of rotatable bonds is 7. The number of fused-ring (bicyclic) bond motifs is 1. The van der Waals surface area contributed by atoms with Gasteiger partial charge in [0, 0.05) is 5.92 Å². The van der Waals surface area contributed by atoms with Gasteiger partial charge in [-0.15, -0.1) is 0 Å². The van der Waals surface area contributed by atoms with E-state index in [1.165, 1.54) is 13.4 Å². The molecular weight excluding hydrogens is 488 g/mol. The fraction of sp³-hybridized carbons (Fsp3) is 0.864. The average molecular weight is 523 g/mol. The molecule has 206 valence electrons. The molecule has 3 fully saturated rings. The summed E-state index contributed by atoms with van der Waals surface area (Å²) < 4.78 is 32.2. The molecular formula is C22H34O14. The van der Waals surface area contributed by atoms with Crippen molar-refractivity contribution in [3.8, 4) is 0 Å². The Labute approximate surface area is 206 Å². The Hall–Kier alpha value is -1.43. The average Bonchev–Trinajstić information content (AvgIpc) is 3.31. The van der Waals surface area contributed by atoms with Crippen molar-refractivity contribution in [2.24, 2.45) is 11.8 Å². The third-order valence-corrected chi connectivity index (χ3v) is 7.41. The molecule has 13 atom stereocenters. The zero-order valence-corrected chi connectivity index (χ0v) is 19.8. The molecule has 0 spiro atoms. The van der Waals surface area contributed by atoms with E-state index in [1.807, 2.05) is 0 Å². The lowest BCUT2D eigenvalue weighted by Crippen LogP contribution is -2.60. The number of carbonyl (C=O) groups excluding carboxylic acids is 1. The van der Waals surface area contributed by atoms with Crippen molar-refractivity contribution in [1.82, 2.24) is 0 Å². The summed E-state index contributed by atoms with van der Waals surface area (Å²) in [5, 5.41) is 70.8. The van der Waals surface area contributed by atoms with Crippen molar-refractivity contribution >= 4 is 5.97 Å². The molecule has 2 saturated heterocycles. The zero-order chi connectivity index (χ0) is 26.4. The number of ether oxygens (including phenoxy) is 6. The van der Waals surface area contributed by atoms with Gasteiger partial charge in [-0.05, 0) is 19.8 Å². The molecule has 1 aliphatic carbocycles. The van der Waals surface area contributed by atoms with Crippen LogP contribution in [0.1, 0.15) is 19.8 Å². The Morgan fingerprint density at radius 2 is 1.56 bits per heavy atom. The van der Waals surface area contributed by atoms with Crippen LogP contribution in [0.15, 0.2) is 11.8 Å². The van der Waals surface area contributed by atoms with E-state index < -0.39 is 85.7 Å². The molecule has 7 N–H and O–H groups in total. The smallest absolute Gasteiger partial charge is 0.337 e. The lowest BCUT2D eigenvalue weighted by Gasteiger charge is -2.42. The number of aliphatic hydroxyl groups excluding tert-OH is 6. The number of methoxy groups -OCH3 is 1. The fourth-order valence-electron chi connectivity index (χ4n) is 5.27. The third-order valence-electron chi connectivity index (χ3n) is 7.41. The first-order valence-corrected chi connectivity index (χ1v) is 11.7. The van der Waals surface area contributed by atoms with E-state index in [9.17, 15) is 40.5 Å². The minimum atomic E-state index is -1.68. The number of aliphatic hydroxyl groups is 7. The molecule has 0 amide bonds. The lowest BCUT2D eigenvalue weighted by atomic mass is 9.81. The van der Waals surface area contributed by atoms with Crippen molar-refractivity contribution in [2.75, 3.05) is 20.3 Å². The third kappa shape index (κ3) is 5.13. The Morgan fingerprint density at radius 3 is 2.17 bits per heavy atom. The maximum absolute atomic E-state index is 12.1. The molecule has 13 unspecified atom stereocenters. The maximum Gasteiger partial charge on any atom is 0.337 e. The van der Waals surface area contributed by atoms with Crippen molar-refractivity contribution in [3.63, 3.8) is 0 Å². The molecule has 0 radical (unpaired) electrons. The van der Waals surface area contributed by atoms with Crippen LogP contribution in [-0.2, 0) is 33.2 Å². The van der Waals surface area contributed by atoms with Gasteiger partial charge in [0.05, 0.1) is 43.7 Å². The minimum Gasteiger partial charge on any atom is -0.472 e. The molecule has 0 aromatic carbocycles. The second-order valence-corrected chi connectivity index (χ2v) is 9.83. The Balaban J connectivity index is 1.39. The van der Waals surface area contributed by atoms with Gasteiger partial charge in [0.25, 0.3) is 0 Å². The van der Waals surface area contributed by atoms with Crippen molar-refractivity contribution < 1.29 is 69.0 Å². The Kier molecular flexibility index (Phi) is 8.24. The van der Waals surface area contributed by atoms with Gasteiger partial charge in [0.2, 0.25) is 6.29 Å². The predicted molar refractivity (Wildman–Crippen MR) is 113 cm³/mol. The highest BCUT2D eigenvalue weighted by Gasteiger charge is 2.55. The topological polar surface area (TPSA) is 214 Å². The van der Waals surface area contributed by atoms with Gasteiger partial charge >= 0.3 is 5.97 Å². The number of hydrogen-bond acceptors (Lipinski definition) is 14. The van der Waals surface area contributed by atoms with Crippen LogP contribution in [0.5, 0.6) is 0 Å². The molecule has 14 heteroatoms. The van der Waals surface area contributed by atoms with Crippen LogP contribution in [0.2, 0.25) is 0 Å². The monoisotopic (exact) mass is 522 g/mol. The second kappa shape index (κ2) is 10.7. The van der Waals surface area contributed by atoms with Gasteiger partial charge in [-0.1, -0.05) is 0 Å². The van der Waals surface area contributed by atoms with E-state index in [0.717, 1.165) is 0 Å². The second-order valence-electron chi connectivity index (χ2n) is 9.83. The fourth-order valence-corrected chi connectivity index (χ4v) is 5.27. The molecule has 36 heavy (non-hydrogen) atoms.